The highest BCUT2D eigenvalue weighted by atomic mass is 16.5. The van der Waals surface area contributed by atoms with Crippen LogP contribution < -0.4 is 9.47 Å². The van der Waals surface area contributed by atoms with E-state index in [0.717, 1.165) is 11.1 Å². The Bertz CT molecular complexity index is 440. The maximum atomic E-state index is 10.4. The van der Waals surface area contributed by atoms with Gasteiger partial charge in [-0.05, 0) is 43.5 Å². The van der Waals surface area contributed by atoms with E-state index in [1.54, 1.807) is 19.1 Å². The lowest BCUT2D eigenvalue weighted by molar-refractivity contribution is -0.137. The second-order valence-electron chi connectivity index (χ2n) is 4.38. The molecule has 0 aliphatic rings. The fourth-order valence-corrected chi connectivity index (χ4v) is 1.81. The van der Waals surface area contributed by atoms with Gasteiger partial charge in [-0.25, -0.2) is 0 Å². The third-order valence-electron chi connectivity index (χ3n) is 2.79. The van der Waals surface area contributed by atoms with Crippen molar-refractivity contribution in [1.82, 2.24) is 0 Å². The van der Waals surface area contributed by atoms with Crippen LogP contribution in [0.5, 0.6) is 11.5 Å². The highest BCUT2D eigenvalue weighted by Crippen LogP contribution is 2.33. The molecule has 0 aliphatic heterocycles. The smallest absolute Gasteiger partial charge is 0.303 e. The Hall–Kier alpha value is -1.75. The van der Waals surface area contributed by atoms with E-state index in [9.17, 15) is 9.90 Å². The predicted molar refractivity (Wildman–Crippen MR) is 70.7 cm³/mol. The summed E-state index contributed by atoms with van der Waals surface area (Å²) in [6, 6.07) is 3.54. The zero-order valence-electron chi connectivity index (χ0n) is 11.5. The average Bonchev–Trinajstić information content (AvgIpc) is 2.34. The Morgan fingerprint density at radius 2 is 2.05 bits per heavy atom. The zero-order chi connectivity index (χ0) is 14.4. The van der Waals surface area contributed by atoms with Gasteiger partial charge in [0.1, 0.15) is 0 Å². The Balaban J connectivity index is 2.77. The van der Waals surface area contributed by atoms with Crippen molar-refractivity contribution in [2.24, 2.45) is 0 Å². The van der Waals surface area contributed by atoms with Gasteiger partial charge < -0.3 is 19.7 Å². The first kappa shape index (κ1) is 15.3. The molecular formula is C14H20O5. The maximum Gasteiger partial charge on any atom is 0.303 e. The molecule has 106 valence electrons. The van der Waals surface area contributed by atoms with Gasteiger partial charge in [-0.3, -0.25) is 4.79 Å². The van der Waals surface area contributed by atoms with Crippen LogP contribution in [0.3, 0.4) is 0 Å². The van der Waals surface area contributed by atoms with Crippen LogP contribution in [-0.4, -0.2) is 29.9 Å². The standard InChI is InChI=1S/C14H20O5/c1-9-7-13(19-6-4-5-14(16)17)12(18-3)8-11(9)10(2)15/h7-8,10,15H,4-6H2,1-3H3,(H,16,17). The van der Waals surface area contributed by atoms with E-state index in [2.05, 4.69) is 0 Å². The van der Waals surface area contributed by atoms with Gasteiger partial charge in [-0.1, -0.05) is 0 Å². The molecule has 1 atom stereocenters. The topological polar surface area (TPSA) is 76.0 Å². The summed E-state index contributed by atoms with van der Waals surface area (Å²) >= 11 is 0. The van der Waals surface area contributed by atoms with Crippen LogP contribution in [0.15, 0.2) is 12.1 Å². The van der Waals surface area contributed by atoms with Crippen LogP contribution in [0.2, 0.25) is 0 Å². The summed E-state index contributed by atoms with van der Waals surface area (Å²) in [5.41, 5.74) is 1.69. The van der Waals surface area contributed by atoms with Gasteiger partial charge in [0.2, 0.25) is 0 Å². The number of hydrogen-bond acceptors (Lipinski definition) is 4. The van der Waals surface area contributed by atoms with E-state index in [1.807, 2.05) is 6.92 Å². The fourth-order valence-electron chi connectivity index (χ4n) is 1.81. The molecule has 0 saturated heterocycles. The average molecular weight is 268 g/mol. The summed E-state index contributed by atoms with van der Waals surface area (Å²) < 4.78 is 10.7. The van der Waals surface area contributed by atoms with Crippen molar-refractivity contribution in [2.75, 3.05) is 13.7 Å². The van der Waals surface area contributed by atoms with Gasteiger partial charge in [-0.15, -0.1) is 0 Å². The van der Waals surface area contributed by atoms with Crippen molar-refractivity contribution in [2.45, 2.75) is 32.8 Å². The molecule has 1 aromatic carbocycles. The molecule has 0 amide bonds. The predicted octanol–water partition coefficient (Wildman–Crippen LogP) is 2.30. The Morgan fingerprint density at radius 3 is 2.58 bits per heavy atom. The number of hydrogen-bond donors (Lipinski definition) is 2. The number of methoxy groups -OCH3 is 1. The van der Waals surface area contributed by atoms with E-state index in [-0.39, 0.29) is 6.42 Å². The molecular weight excluding hydrogens is 248 g/mol. The maximum absolute atomic E-state index is 10.4. The van der Waals surface area contributed by atoms with Gasteiger partial charge >= 0.3 is 5.97 Å². The summed E-state index contributed by atoms with van der Waals surface area (Å²) in [7, 11) is 1.53. The van der Waals surface area contributed by atoms with Crippen LogP contribution in [-0.2, 0) is 4.79 Å². The monoisotopic (exact) mass is 268 g/mol. The summed E-state index contributed by atoms with van der Waals surface area (Å²) in [5.74, 6) is 0.266. The van der Waals surface area contributed by atoms with Crippen LogP contribution >= 0.6 is 0 Å². The van der Waals surface area contributed by atoms with Crippen molar-refractivity contribution in [3.8, 4) is 11.5 Å². The number of rotatable bonds is 7. The largest absolute Gasteiger partial charge is 0.493 e. The minimum atomic E-state index is -0.837. The third kappa shape index (κ3) is 4.44. The minimum absolute atomic E-state index is 0.0764. The highest BCUT2D eigenvalue weighted by Gasteiger charge is 2.12. The van der Waals surface area contributed by atoms with Gasteiger partial charge in [0, 0.05) is 6.42 Å². The Kier molecular flexibility index (Phi) is 5.63. The van der Waals surface area contributed by atoms with Crippen molar-refractivity contribution in [1.29, 1.82) is 0 Å². The van der Waals surface area contributed by atoms with Crippen LogP contribution in [0.4, 0.5) is 0 Å². The second-order valence-corrected chi connectivity index (χ2v) is 4.38. The Morgan fingerprint density at radius 1 is 1.37 bits per heavy atom. The molecule has 0 radical (unpaired) electrons. The molecule has 1 rings (SSSR count). The summed E-state index contributed by atoms with van der Waals surface area (Å²) in [4.78, 5) is 10.4. The third-order valence-corrected chi connectivity index (χ3v) is 2.79. The van der Waals surface area contributed by atoms with E-state index in [0.29, 0.717) is 24.5 Å². The van der Waals surface area contributed by atoms with Crippen molar-refractivity contribution in [3.05, 3.63) is 23.3 Å². The Labute approximate surface area is 112 Å². The fraction of sp³-hybridized carbons (Fsp3) is 0.500. The van der Waals surface area contributed by atoms with Crippen LogP contribution in [0, 0.1) is 6.92 Å². The minimum Gasteiger partial charge on any atom is -0.493 e. The van der Waals surface area contributed by atoms with Gasteiger partial charge in [0.15, 0.2) is 11.5 Å². The van der Waals surface area contributed by atoms with Crippen molar-refractivity contribution >= 4 is 5.97 Å². The summed E-state index contributed by atoms with van der Waals surface area (Å²) in [6.45, 7) is 3.89. The second kappa shape index (κ2) is 6.99. The SMILES string of the molecule is COc1cc(C(C)O)c(C)cc1OCCCC(=O)O. The van der Waals surface area contributed by atoms with E-state index >= 15 is 0 Å². The lowest BCUT2D eigenvalue weighted by Gasteiger charge is -2.15. The van der Waals surface area contributed by atoms with Gasteiger partial charge in [-0.2, -0.15) is 0 Å². The number of benzene rings is 1. The molecule has 5 heteroatoms. The molecule has 0 heterocycles. The summed E-state index contributed by atoms with van der Waals surface area (Å²) in [6.07, 6.45) is -0.0575. The molecule has 1 unspecified atom stereocenters. The molecule has 19 heavy (non-hydrogen) atoms. The number of aliphatic hydroxyl groups is 1. The number of aliphatic carboxylic acids is 1. The number of carboxylic acids is 1. The number of carbonyl (C=O) groups is 1. The van der Waals surface area contributed by atoms with E-state index in [1.165, 1.54) is 7.11 Å². The first-order valence-electron chi connectivity index (χ1n) is 6.17. The van der Waals surface area contributed by atoms with E-state index < -0.39 is 12.1 Å². The molecule has 0 spiro atoms. The molecule has 2 N–H and O–H groups in total. The lowest BCUT2D eigenvalue weighted by atomic mass is 10.0. The number of carboxylic acid groups (broad SMARTS) is 1. The molecule has 0 saturated carbocycles. The first-order chi connectivity index (χ1) is 8.95. The number of aliphatic hydroxyl groups excluding tert-OH is 1. The molecule has 0 bridgehead atoms. The normalized spacial score (nSPS) is 12.0. The number of ether oxygens (including phenoxy) is 2. The molecule has 1 aromatic rings. The lowest BCUT2D eigenvalue weighted by Crippen LogP contribution is -2.04. The molecule has 5 nitrogen and oxygen atoms in total. The van der Waals surface area contributed by atoms with Crippen LogP contribution in [0.25, 0.3) is 0 Å². The molecule has 0 aliphatic carbocycles. The molecule has 0 fully saturated rings. The number of aryl methyl sites for hydroxylation is 1. The van der Waals surface area contributed by atoms with Gasteiger partial charge in [0.05, 0.1) is 19.8 Å². The quantitative estimate of drug-likeness (QED) is 0.742. The first-order valence-corrected chi connectivity index (χ1v) is 6.17. The van der Waals surface area contributed by atoms with Gasteiger partial charge in [0.25, 0.3) is 0 Å². The van der Waals surface area contributed by atoms with E-state index in [4.69, 9.17) is 14.6 Å². The summed E-state index contributed by atoms with van der Waals surface area (Å²) in [5, 5.41) is 18.2. The zero-order valence-corrected chi connectivity index (χ0v) is 11.5. The van der Waals surface area contributed by atoms with Crippen LogP contribution in [0.1, 0.15) is 37.0 Å². The van der Waals surface area contributed by atoms with Crippen molar-refractivity contribution < 1.29 is 24.5 Å². The van der Waals surface area contributed by atoms with Crippen molar-refractivity contribution in [3.63, 3.8) is 0 Å². The highest BCUT2D eigenvalue weighted by molar-refractivity contribution is 5.66. The molecule has 0 aromatic heterocycles.